The van der Waals surface area contributed by atoms with Crippen molar-refractivity contribution < 1.29 is 13.5 Å². The normalized spacial score (nSPS) is 24.8. The Bertz CT molecular complexity index is 627. The number of likely N-dealkylation sites (N-methyl/N-ethyl adjacent to an activating group) is 1. The molecule has 1 atom stereocenters. The zero-order valence-electron chi connectivity index (χ0n) is 13.4. The van der Waals surface area contributed by atoms with E-state index in [1.807, 2.05) is 11.9 Å². The monoisotopic (exact) mass is 340 g/mol. The molecule has 1 N–H and O–H groups in total. The number of piperazine rings is 1. The van der Waals surface area contributed by atoms with E-state index in [1.165, 1.54) is 10.5 Å². The van der Waals surface area contributed by atoms with Crippen molar-refractivity contribution in [2.75, 3.05) is 51.2 Å². The number of hydrogen-bond donors (Lipinski definition) is 1. The predicted molar refractivity (Wildman–Crippen MR) is 87.9 cm³/mol. The van der Waals surface area contributed by atoms with Crippen molar-refractivity contribution in [1.82, 2.24) is 14.2 Å². The van der Waals surface area contributed by atoms with Gasteiger partial charge in [0.25, 0.3) is 0 Å². The van der Waals surface area contributed by atoms with Crippen LogP contribution in [0.2, 0.25) is 0 Å². The van der Waals surface area contributed by atoms with E-state index in [2.05, 4.69) is 9.88 Å². The second kappa shape index (κ2) is 6.72. The minimum Gasteiger partial charge on any atom is -0.391 e. The first kappa shape index (κ1) is 16.6. The van der Waals surface area contributed by atoms with Crippen LogP contribution >= 0.6 is 0 Å². The highest BCUT2D eigenvalue weighted by molar-refractivity contribution is 7.89. The Balaban J connectivity index is 1.73. The number of anilines is 1. The van der Waals surface area contributed by atoms with Gasteiger partial charge in [-0.05, 0) is 32.0 Å². The molecule has 0 aliphatic carbocycles. The van der Waals surface area contributed by atoms with Gasteiger partial charge in [0.1, 0.15) is 10.7 Å². The summed E-state index contributed by atoms with van der Waals surface area (Å²) in [6, 6.07) is 3.36. The van der Waals surface area contributed by atoms with Crippen LogP contribution in [0.25, 0.3) is 0 Å². The lowest BCUT2D eigenvalue weighted by atomic mass is 10.1. The summed E-state index contributed by atoms with van der Waals surface area (Å²) in [5.41, 5.74) is 0. The average Bonchev–Trinajstić information content (AvgIpc) is 2.55. The number of piperidine rings is 1. The Morgan fingerprint density at radius 3 is 2.52 bits per heavy atom. The molecule has 2 saturated heterocycles. The van der Waals surface area contributed by atoms with E-state index in [4.69, 9.17) is 0 Å². The van der Waals surface area contributed by atoms with Gasteiger partial charge < -0.3 is 14.9 Å². The standard InChI is InChI=1S/C15H24N4O3S/c1-17-7-9-19(10-8-17)23(21,22)14-4-5-15(16-11-14)18-6-2-3-13(20)12-18/h4-5,11,13,20H,2-3,6-10,12H2,1H3. The molecule has 0 aromatic carbocycles. The van der Waals surface area contributed by atoms with Gasteiger partial charge in [-0.25, -0.2) is 13.4 Å². The van der Waals surface area contributed by atoms with Gasteiger partial charge in [-0.3, -0.25) is 0 Å². The molecule has 2 aliphatic heterocycles. The molecule has 3 rings (SSSR count). The van der Waals surface area contributed by atoms with Gasteiger partial charge >= 0.3 is 0 Å². The first-order valence-electron chi connectivity index (χ1n) is 8.04. The molecule has 0 amide bonds. The minimum atomic E-state index is -3.47. The molecule has 2 fully saturated rings. The summed E-state index contributed by atoms with van der Waals surface area (Å²) in [5, 5.41) is 9.74. The maximum atomic E-state index is 12.6. The molecule has 128 valence electrons. The van der Waals surface area contributed by atoms with Gasteiger partial charge in [0.15, 0.2) is 0 Å². The van der Waals surface area contributed by atoms with E-state index >= 15 is 0 Å². The van der Waals surface area contributed by atoms with Crippen LogP contribution in [-0.4, -0.2) is 80.1 Å². The van der Waals surface area contributed by atoms with Gasteiger partial charge in [-0.1, -0.05) is 0 Å². The summed E-state index contributed by atoms with van der Waals surface area (Å²) in [7, 11) is -1.47. The van der Waals surface area contributed by atoms with Crippen LogP contribution in [0.4, 0.5) is 5.82 Å². The Hall–Kier alpha value is -1.22. The van der Waals surface area contributed by atoms with Crippen LogP contribution in [-0.2, 0) is 10.0 Å². The predicted octanol–water partition coefficient (Wildman–Crippen LogP) is -0.0212. The topological polar surface area (TPSA) is 77.0 Å². The zero-order chi connectivity index (χ0) is 16.4. The highest BCUT2D eigenvalue weighted by Gasteiger charge is 2.28. The van der Waals surface area contributed by atoms with Crippen LogP contribution in [0, 0.1) is 0 Å². The lowest BCUT2D eigenvalue weighted by molar-refractivity contribution is 0.154. The molecule has 2 aliphatic rings. The smallest absolute Gasteiger partial charge is 0.244 e. The molecule has 1 aromatic heterocycles. The van der Waals surface area contributed by atoms with Crippen molar-refractivity contribution >= 4 is 15.8 Å². The van der Waals surface area contributed by atoms with E-state index in [-0.39, 0.29) is 11.0 Å². The quantitative estimate of drug-likeness (QED) is 0.833. The van der Waals surface area contributed by atoms with Crippen LogP contribution in [0.3, 0.4) is 0 Å². The highest BCUT2D eigenvalue weighted by Crippen LogP contribution is 2.21. The van der Waals surface area contributed by atoms with E-state index in [0.29, 0.717) is 19.6 Å². The fraction of sp³-hybridized carbons (Fsp3) is 0.667. The first-order valence-corrected chi connectivity index (χ1v) is 9.48. The third-order valence-electron chi connectivity index (χ3n) is 4.54. The van der Waals surface area contributed by atoms with Gasteiger partial charge in [-0.2, -0.15) is 4.31 Å². The van der Waals surface area contributed by atoms with Crippen LogP contribution in [0.15, 0.2) is 23.2 Å². The van der Waals surface area contributed by atoms with Crippen molar-refractivity contribution in [2.24, 2.45) is 0 Å². The molecule has 0 saturated carbocycles. The summed E-state index contributed by atoms with van der Waals surface area (Å²) in [4.78, 5) is 8.67. The molecule has 8 heteroatoms. The van der Waals surface area contributed by atoms with Gasteiger partial charge in [0, 0.05) is 45.5 Å². The maximum Gasteiger partial charge on any atom is 0.244 e. The first-order chi connectivity index (χ1) is 11.0. The average molecular weight is 340 g/mol. The second-order valence-electron chi connectivity index (χ2n) is 6.30. The van der Waals surface area contributed by atoms with E-state index in [1.54, 1.807) is 12.1 Å². The Kier molecular flexibility index (Phi) is 4.86. The van der Waals surface area contributed by atoms with E-state index < -0.39 is 10.0 Å². The van der Waals surface area contributed by atoms with Crippen LogP contribution < -0.4 is 4.90 Å². The molecular weight excluding hydrogens is 316 g/mol. The molecular formula is C15H24N4O3S. The molecule has 0 radical (unpaired) electrons. The molecule has 1 aromatic rings. The minimum absolute atomic E-state index is 0.239. The van der Waals surface area contributed by atoms with E-state index in [0.717, 1.165) is 38.3 Å². The molecule has 23 heavy (non-hydrogen) atoms. The van der Waals surface area contributed by atoms with Crippen molar-refractivity contribution in [1.29, 1.82) is 0 Å². The molecule has 0 spiro atoms. The Morgan fingerprint density at radius 1 is 1.17 bits per heavy atom. The van der Waals surface area contributed by atoms with Gasteiger partial charge in [0.05, 0.1) is 6.10 Å². The van der Waals surface area contributed by atoms with Crippen molar-refractivity contribution in [3.8, 4) is 0 Å². The fourth-order valence-electron chi connectivity index (χ4n) is 3.05. The van der Waals surface area contributed by atoms with Crippen molar-refractivity contribution in [3.63, 3.8) is 0 Å². The maximum absolute atomic E-state index is 12.6. The number of aliphatic hydroxyl groups is 1. The third-order valence-corrected chi connectivity index (χ3v) is 6.42. The second-order valence-corrected chi connectivity index (χ2v) is 8.24. The summed E-state index contributed by atoms with van der Waals surface area (Å²) in [6.45, 7) is 3.91. The van der Waals surface area contributed by atoms with Gasteiger partial charge in [0.2, 0.25) is 10.0 Å². The van der Waals surface area contributed by atoms with Crippen LogP contribution in [0.1, 0.15) is 12.8 Å². The molecule has 1 unspecified atom stereocenters. The lowest BCUT2D eigenvalue weighted by Gasteiger charge is -2.32. The van der Waals surface area contributed by atoms with Crippen molar-refractivity contribution in [3.05, 3.63) is 18.3 Å². The number of sulfonamides is 1. The summed E-state index contributed by atoms with van der Waals surface area (Å²) in [6.07, 6.45) is 2.83. The molecule has 0 bridgehead atoms. The number of hydrogen-bond acceptors (Lipinski definition) is 6. The Morgan fingerprint density at radius 2 is 1.91 bits per heavy atom. The number of pyridine rings is 1. The molecule has 7 nitrogen and oxygen atoms in total. The highest BCUT2D eigenvalue weighted by atomic mass is 32.2. The Labute approximate surface area is 137 Å². The number of aliphatic hydroxyl groups excluding tert-OH is 1. The van der Waals surface area contributed by atoms with Crippen molar-refractivity contribution in [2.45, 2.75) is 23.8 Å². The number of aromatic nitrogens is 1. The lowest BCUT2D eigenvalue weighted by Crippen LogP contribution is -2.47. The number of nitrogens with zero attached hydrogens (tertiary/aromatic N) is 4. The fourth-order valence-corrected chi connectivity index (χ4v) is 4.42. The van der Waals surface area contributed by atoms with Crippen LogP contribution in [0.5, 0.6) is 0 Å². The summed E-state index contributed by atoms with van der Waals surface area (Å²) >= 11 is 0. The SMILES string of the molecule is CN1CCN(S(=O)(=O)c2ccc(N3CCCC(O)C3)nc2)CC1. The summed E-state index contributed by atoms with van der Waals surface area (Å²) < 4.78 is 26.8. The third kappa shape index (κ3) is 3.65. The van der Waals surface area contributed by atoms with E-state index in [9.17, 15) is 13.5 Å². The summed E-state index contributed by atoms with van der Waals surface area (Å²) in [5.74, 6) is 0.723. The number of rotatable bonds is 3. The zero-order valence-corrected chi connectivity index (χ0v) is 14.2. The molecule has 3 heterocycles. The van der Waals surface area contributed by atoms with Gasteiger partial charge in [-0.15, -0.1) is 0 Å². The largest absolute Gasteiger partial charge is 0.391 e. The number of β-amino-alcohol motifs (C(OH)–C–C–N with tert-alkyl or cyclic N) is 1.